The van der Waals surface area contributed by atoms with Crippen molar-refractivity contribution >= 4 is 5.91 Å². The highest BCUT2D eigenvalue weighted by Gasteiger charge is 2.18. The topological polar surface area (TPSA) is 35.6 Å². The van der Waals surface area contributed by atoms with Crippen molar-refractivity contribution in [1.82, 2.24) is 15.1 Å². The molecule has 0 radical (unpaired) electrons. The Balaban J connectivity index is 2.15. The predicted octanol–water partition coefficient (Wildman–Crippen LogP) is 0.396. The molecule has 1 aliphatic rings. The molecular formula is C12H25N3O. The summed E-state index contributed by atoms with van der Waals surface area (Å²) in [6, 6.07) is 0. The van der Waals surface area contributed by atoms with Crippen LogP contribution in [0.5, 0.6) is 0 Å². The molecule has 1 heterocycles. The Labute approximate surface area is 99.0 Å². The molecule has 94 valence electrons. The lowest BCUT2D eigenvalue weighted by Crippen LogP contribution is -2.38. The highest BCUT2D eigenvalue weighted by molar-refractivity contribution is 5.75. The summed E-state index contributed by atoms with van der Waals surface area (Å²) in [5.74, 6) is 1.06. The highest BCUT2D eigenvalue weighted by atomic mass is 16.2. The molecule has 1 saturated heterocycles. The number of hydrogen-bond donors (Lipinski definition) is 1. The Morgan fingerprint density at radius 1 is 1.38 bits per heavy atom. The third-order valence-electron chi connectivity index (χ3n) is 3.34. The molecule has 1 N–H and O–H groups in total. The summed E-state index contributed by atoms with van der Waals surface area (Å²) in [5, 5.41) is 3.24. The Hall–Kier alpha value is -0.610. The summed E-state index contributed by atoms with van der Waals surface area (Å²) >= 11 is 0. The molecule has 0 atom stereocenters. The van der Waals surface area contributed by atoms with Crippen molar-refractivity contribution in [3.63, 3.8) is 0 Å². The van der Waals surface area contributed by atoms with Crippen LogP contribution in [0.1, 0.15) is 19.3 Å². The van der Waals surface area contributed by atoms with E-state index in [-0.39, 0.29) is 5.91 Å². The van der Waals surface area contributed by atoms with Crippen LogP contribution in [0.3, 0.4) is 0 Å². The quantitative estimate of drug-likeness (QED) is 0.738. The van der Waals surface area contributed by atoms with Crippen LogP contribution in [0, 0.1) is 5.92 Å². The van der Waals surface area contributed by atoms with Crippen LogP contribution in [0.25, 0.3) is 0 Å². The number of likely N-dealkylation sites (tertiary alicyclic amines) is 1. The van der Waals surface area contributed by atoms with Gasteiger partial charge in [0.05, 0.1) is 0 Å². The normalized spacial score (nSPS) is 18.7. The van der Waals surface area contributed by atoms with Gasteiger partial charge >= 0.3 is 0 Å². The van der Waals surface area contributed by atoms with Crippen molar-refractivity contribution in [1.29, 1.82) is 0 Å². The first kappa shape index (κ1) is 13.5. The maximum absolute atomic E-state index is 11.4. The minimum atomic E-state index is 0.234. The second-order valence-electron chi connectivity index (χ2n) is 4.88. The fraction of sp³-hybridized carbons (Fsp3) is 0.917. The van der Waals surface area contributed by atoms with Crippen LogP contribution < -0.4 is 5.32 Å². The molecule has 0 aliphatic carbocycles. The van der Waals surface area contributed by atoms with E-state index >= 15 is 0 Å². The highest BCUT2D eigenvalue weighted by Crippen LogP contribution is 2.16. The Bertz CT molecular complexity index is 210. The summed E-state index contributed by atoms with van der Waals surface area (Å²) in [7, 11) is 5.66. The fourth-order valence-corrected chi connectivity index (χ4v) is 2.18. The number of nitrogens with zero attached hydrogens (tertiary/aromatic N) is 2. The first-order valence-electron chi connectivity index (χ1n) is 6.20. The lowest BCUT2D eigenvalue weighted by atomic mass is 9.97. The van der Waals surface area contributed by atoms with Crippen LogP contribution in [0.15, 0.2) is 0 Å². The summed E-state index contributed by atoms with van der Waals surface area (Å²) in [6.45, 7) is 4.34. The smallest absolute Gasteiger partial charge is 0.223 e. The van der Waals surface area contributed by atoms with Crippen molar-refractivity contribution in [2.75, 3.05) is 47.3 Å². The summed E-state index contributed by atoms with van der Waals surface area (Å²) < 4.78 is 0. The number of carbonyl (C=O) groups is 1. The van der Waals surface area contributed by atoms with Gasteiger partial charge in [0.15, 0.2) is 0 Å². The van der Waals surface area contributed by atoms with E-state index < -0.39 is 0 Å². The maximum Gasteiger partial charge on any atom is 0.223 e. The average Bonchev–Trinajstić information content (AvgIpc) is 2.28. The number of rotatable bonds is 5. The molecule has 1 rings (SSSR count). The first-order valence-corrected chi connectivity index (χ1v) is 6.20. The van der Waals surface area contributed by atoms with Gasteiger partial charge < -0.3 is 15.1 Å². The standard InChI is InChI=1S/C12H25N3O/c1-13-10-11-4-7-15(8-5-11)9-6-12(16)14(2)3/h11,13H,4-10H2,1-3H3. The minimum absolute atomic E-state index is 0.234. The summed E-state index contributed by atoms with van der Waals surface area (Å²) in [4.78, 5) is 15.5. The minimum Gasteiger partial charge on any atom is -0.349 e. The molecule has 1 amide bonds. The monoisotopic (exact) mass is 227 g/mol. The Kier molecular flexibility index (Phi) is 5.77. The second-order valence-corrected chi connectivity index (χ2v) is 4.88. The third-order valence-corrected chi connectivity index (χ3v) is 3.34. The predicted molar refractivity (Wildman–Crippen MR) is 66.4 cm³/mol. The lowest BCUT2D eigenvalue weighted by Gasteiger charge is -2.31. The molecule has 1 fully saturated rings. The molecule has 4 heteroatoms. The maximum atomic E-state index is 11.4. The van der Waals surface area contributed by atoms with Gasteiger partial charge in [0, 0.05) is 27.1 Å². The van der Waals surface area contributed by atoms with Crippen LogP contribution in [-0.4, -0.2) is 63.0 Å². The zero-order chi connectivity index (χ0) is 12.0. The molecule has 1 aliphatic heterocycles. The molecule has 0 aromatic carbocycles. The van der Waals surface area contributed by atoms with Crippen LogP contribution in [0.2, 0.25) is 0 Å². The average molecular weight is 227 g/mol. The van der Waals surface area contributed by atoms with E-state index in [2.05, 4.69) is 10.2 Å². The van der Waals surface area contributed by atoms with E-state index in [1.54, 1.807) is 4.90 Å². The first-order chi connectivity index (χ1) is 7.63. The van der Waals surface area contributed by atoms with E-state index in [1.165, 1.54) is 12.8 Å². The zero-order valence-electron chi connectivity index (χ0n) is 10.8. The molecule has 0 bridgehead atoms. The number of amides is 1. The largest absolute Gasteiger partial charge is 0.349 e. The molecule has 0 spiro atoms. The van der Waals surface area contributed by atoms with Gasteiger partial charge in [0.2, 0.25) is 5.91 Å². The van der Waals surface area contributed by atoms with Crippen molar-refractivity contribution in [3.8, 4) is 0 Å². The van der Waals surface area contributed by atoms with Crippen molar-refractivity contribution in [2.45, 2.75) is 19.3 Å². The SMILES string of the molecule is CNCC1CCN(CCC(=O)N(C)C)CC1. The van der Waals surface area contributed by atoms with E-state index in [9.17, 15) is 4.79 Å². The van der Waals surface area contributed by atoms with Gasteiger partial charge in [-0.25, -0.2) is 0 Å². The second kappa shape index (κ2) is 6.86. The van der Waals surface area contributed by atoms with Crippen LogP contribution >= 0.6 is 0 Å². The van der Waals surface area contributed by atoms with E-state index in [1.807, 2.05) is 21.1 Å². The molecule has 0 aromatic heterocycles. The van der Waals surface area contributed by atoms with Crippen molar-refractivity contribution in [3.05, 3.63) is 0 Å². The molecular weight excluding hydrogens is 202 g/mol. The Morgan fingerprint density at radius 3 is 2.50 bits per heavy atom. The molecule has 4 nitrogen and oxygen atoms in total. The van der Waals surface area contributed by atoms with Crippen molar-refractivity contribution in [2.24, 2.45) is 5.92 Å². The van der Waals surface area contributed by atoms with Gasteiger partial charge in [-0.15, -0.1) is 0 Å². The molecule has 16 heavy (non-hydrogen) atoms. The van der Waals surface area contributed by atoms with E-state index in [0.29, 0.717) is 6.42 Å². The van der Waals surface area contributed by atoms with E-state index in [0.717, 1.165) is 32.1 Å². The number of carbonyl (C=O) groups excluding carboxylic acids is 1. The number of hydrogen-bond acceptors (Lipinski definition) is 3. The molecule has 0 aromatic rings. The Morgan fingerprint density at radius 2 is 2.00 bits per heavy atom. The van der Waals surface area contributed by atoms with Crippen LogP contribution in [0.4, 0.5) is 0 Å². The third kappa shape index (κ3) is 4.49. The lowest BCUT2D eigenvalue weighted by molar-refractivity contribution is -0.129. The van der Waals surface area contributed by atoms with Gasteiger partial charge in [-0.2, -0.15) is 0 Å². The van der Waals surface area contributed by atoms with Gasteiger partial charge in [-0.3, -0.25) is 4.79 Å². The summed E-state index contributed by atoms with van der Waals surface area (Å²) in [6.07, 6.45) is 3.18. The van der Waals surface area contributed by atoms with Gasteiger partial charge in [-0.1, -0.05) is 0 Å². The zero-order valence-corrected chi connectivity index (χ0v) is 10.8. The van der Waals surface area contributed by atoms with Crippen LogP contribution in [-0.2, 0) is 4.79 Å². The summed E-state index contributed by atoms with van der Waals surface area (Å²) in [5.41, 5.74) is 0. The number of piperidine rings is 1. The number of nitrogens with one attached hydrogen (secondary N) is 1. The van der Waals surface area contributed by atoms with Gasteiger partial charge in [-0.05, 0) is 45.4 Å². The van der Waals surface area contributed by atoms with E-state index in [4.69, 9.17) is 0 Å². The van der Waals surface area contributed by atoms with Gasteiger partial charge in [0.25, 0.3) is 0 Å². The van der Waals surface area contributed by atoms with Gasteiger partial charge in [0.1, 0.15) is 0 Å². The molecule has 0 saturated carbocycles. The van der Waals surface area contributed by atoms with Crippen molar-refractivity contribution < 1.29 is 4.79 Å². The fourth-order valence-electron chi connectivity index (χ4n) is 2.18. The molecule has 0 unspecified atom stereocenters.